The number of rotatable bonds is 8. The van der Waals surface area contributed by atoms with E-state index in [9.17, 15) is 0 Å². The summed E-state index contributed by atoms with van der Waals surface area (Å²) in [5.74, 6) is 0.288. The van der Waals surface area contributed by atoms with Crippen molar-refractivity contribution in [2.45, 2.75) is 168 Å². The van der Waals surface area contributed by atoms with Crippen molar-refractivity contribution >= 4 is 57.2 Å². The fourth-order valence-electron chi connectivity index (χ4n) is 15.2. The van der Waals surface area contributed by atoms with Gasteiger partial charge >= 0.3 is 0 Å². The Kier molecular flexibility index (Phi) is 11.8. The third kappa shape index (κ3) is 8.52. The van der Waals surface area contributed by atoms with Crippen LogP contribution in [0.1, 0.15) is 178 Å². The highest BCUT2D eigenvalue weighted by Crippen LogP contribution is 2.56. The highest BCUT2D eigenvalue weighted by atomic mass is 15.2. The Balaban J connectivity index is 1.17. The van der Waals surface area contributed by atoms with E-state index in [1.807, 2.05) is 0 Å². The number of aryl methyl sites for hydroxylation is 2. The quantitative estimate of drug-likeness (QED) is 0.140. The lowest BCUT2D eigenvalue weighted by Crippen LogP contribution is -2.61. The lowest BCUT2D eigenvalue weighted by atomic mass is 9.33. The summed E-state index contributed by atoms with van der Waals surface area (Å²) in [4.78, 5) is 5.47. The molecule has 3 heteroatoms. The van der Waals surface area contributed by atoms with Crippen molar-refractivity contribution in [2.24, 2.45) is 0 Å². The zero-order valence-electron chi connectivity index (χ0n) is 49.0. The maximum absolute atomic E-state index is 2.75. The Hall–Kier alpha value is -6.58. The zero-order valence-corrected chi connectivity index (χ0v) is 49.0. The van der Waals surface area contributed by atoms with Crippen molar-refractivity contribution in [3.63, 3.8) is 0 Å². The highest BCUT2D eigenvalue weighted by Gasteiger charge is 2.50. The molecule has 0 amide bonds. The van der Waals surface area contributed by atoms with Crippen molar-refractivity contribution in [3.8, 4) is 11.1 Å². The summed E-state index contributed by atoms with van der Waals surface area (Å²) in [6.45, 7) is 36.4. The first-order valence-corrected chi connectivity index (χ1v) is 28.9. The van der Waals surface area contributed by atoms with Gasteiger partial charge in [-0.1, -0.05) is 218 Å². The van der Waals surface area contributed by atoms with Crippen LogP contribution in [0.4, 0.5) is 34.1 Å². The topological polar surface area (TPSA) is 6.48 Å². The summed E-state index contributed by atoms with van der Waals surface area (Å²) < 4.78 is 0. The molecule has 2 heterocycles. The molecule has 4 aliphatic rings. The molecule has 2 aliphatic carbocycles. The number of anilines is 6. The van der Waals surface area contributed by atoms with Gasteiger partial charge in [0.2, 0.25) is 0 Å². The molecule has 0 radical (unpaired) electrons. The van der Waals surface area contributed by atoms with Crippen LogP contribution in [0.5, 0.6) is 0 Å². The molecule has 77 heavy (non-hydrogen) atoms. The van der Waals surface area contributed by atoms with Gasteiger partial charge in [0.25, 0.3) is 6.71 Å². The van der Waals surface area contributed by atoms with Crippen LogP contribution in [0.25, 0.3) is 11.1 Å². The molecule has 0 saturated carbocycles. The van der Waals surface area contributed by atoms with Crippen LogP contribution < -0.4 is 26.2 Å². The van der Waals surface area contributed by atoms with E-state index in [-0.39, 0.29) is 45.1 Å². The first kappa shape index (κ1) is 51.2. The first-order valence-electron chi connectivity index (χ1n) is 28.9. The second-order valence-electron chi connectivity index (χ2n) is 28.5. The SMILES string of the molecule is Cc1cc2c(cc1N1c3cc(CCC(c4ccccc4)c4ccccc4)ccc3B3c4cc5c(cc4N(c4ccc(C(C)(C)C)cc4-c4ccccc4)c4cc(C(C)(C)C)cc1c43)C(C)(C)CC5(C)C)C(C)(C)CC2(C)C. The molecule has 0 atom stereocenters. The van der Waals surface area contributed by atoms with E-state index >= 15 is 0 Å². The molecule has 0 N–H and O–H groups in total. The van der Waals surface area contributed by atoms with Gasteiger partial charge in [0.15, 0.2) is 0 Å². The minimum Gasteiger partial charge on any atom is -0.311 e. The molecule has 390 valence electrons. The number of hydrogen-bond donors (Lipinski definition) is 0. The fraction of sp³-hybridized carbons (Fsp3) is 0.351. The van der Waals surface area contributed by atoms with Crippen LogP contribution in [0.2, 0.25) is 0 Å². The largest absolute Gasteiger partial charge is 0.311 e. The molecular formula is C74H81BN2. The molecule has 8 aromatic rings. The Labute approximate surface area is 463 Å². The Morgan fingerprint density at radius 2 is 0.922 bits per heavy atom. The molecule has 0 aromatic heterocycles. The Morgan fingerprint density at radius 1 is 0.442 bits per heavy atom. The monoisotopic (exact) mass is 1010 g/mol. The van der Waals surface area contributed by atoms with Crippen LogP contribution >= 0.6 is 0 Å². The number of benzene rings is 8. The Bertz CT molecular complexity index is 3580. The minimum absolute atomic E-state index is 0.00546. The molecule has 2 aliphatic heterocycles. The van der Waals surface area contributed by atoms with Gasteiger partial charge in [-0.25, -0.2) is 0 Å². The average Bonchev–Trinajstić information content (AvgIpc) is 3.88. The summed E-state index contributed by atoms with van der Waals surface area (Å²) in [7, 11) is 0. The average molecular weight is 1010 g/mol. The van der Waals surface area contributed by atoms with Gasteiger partial charge in [-0.15, -0.1) is 0 Å². The van der Waals surface area contributed by atoms with Gasteiger partial charge in [0.05, 0.1) is 5.69 Å². The van der Waals surface area contributed by atoms with Gasteiger partial charge in [-0.2, -0.15) is 0 Å². The smallest absolute Gasteiger partial charge is 0.252 e. The maximum atomic E-state index is 2.75. The maximum Gasteiger partial charge on any atom is 0.252 e. The van der Waals surface area contributed by atoms with E-state index in [0.717, 1.165) is 25.7 Å². The summed E-state index contributed by atoms with van der Waals surface area (Å²) in [6.07, 6.45) is 4.20. The summed E-state index contributed by atoms with van der Waals surface area (Å²) in [6, 6.07) is 64.3. The van der Waals surface area contributed by atoms with E-state index in [0.29, 0.717) is 0 Å². The second-order valence-corrected chi connectivity index (χ2v) is 28.5. The molecule has 12 rings (SSSR count). The van der Waals surface area contributed by atoms with Crippen molar-refractivity contribution in [3.05, 3.63) is 219 Å². The third-order valence-electron chi connectivity index (χ3n) is 18.7. The highest BCUT2D eigenvalue weighted by molar-refractivity contribution is 7.00. The van der Waals surface area contributed by atoms with Gasteiger partial charge in [-0.05, 0) is 185 Å². The summed E-state index contributed by atoms with van der Waals surface area (Å²) in [5, 5.41) is 0. The summed E-state index contributed by atoms with van der Waals surface area (Å²) >= 11 is 0. The van der Waals surface area contributed by atoms with Gasteiger partial charge in [0, 0.05) is 39.9 Å². The molecule has 0 spiro atoms. The molecule has 0 saturated heterocycles. The fourth-order valence-corrected chi connectivity index (χ4v) is 15.2. The standard InChI is InChI=1S/C74H81BN2/c1-47-37-56-58(73(12,13)45-71(56,8)9)43-63(47)77-64-38-48(31-34-54(49-25-19-16-20-26-49)50-27-21-17-22-28-50)32-35-60(64)75-61-42-57-59(74(14,15)46-72(57,10)11)44-65(61)76(66-40-53(70(5,6)7)41-67(77)68(66)75)62-36-33-52(69(2,3)4)39-55(62)51-29-23-18-24-30-51/h16-30,32-33,35-44,54H,31,34,45-46H2,1-15H3. The van der Waals surface area contributed by atoms with E-state index in [1.165, 1.54) is 117 Å². The number of nitrogens with zero attached hydrogens (tertiary/aromatic N) is 2. The number of fused-ring (bicyclic) bond motifs is 6. The molecule has 2 nitrogen and oxygen atoms in total. The third-order valence-corrected chi connectivity index (χ3v) is 18.7. The molecule has 0 unspecified atom stereocenters. The minimum atomic E-state index is -0.147. The predicted octanol–water partition coefficient (Wildman–Crippen LogP) is 18.0. The van der Waals surface area contributed by atoms with Crippen molar-refractivity contribution in [1.29, 1.82) is 0 Å². The van der Waals surface area contributed by atoms with Crippen molar-refractivity contribution in [1.82, 2.24) is 0 Å². The van der Waals surface area contributed by atoms with E-state index in [4.69, 9.17) is 0 Å². The molecular weight excluding hydrogens is 928 g/mol. The lowest BCUT2D eigenvalue weighted by Gasteiger charge is -2.46. The summed E-state index contributed by atoms with van der Waals surface area (Å²) in [5.41, 5.74) is 28.5. The molecule has 8 aromatic carbocycles. The van der Waals surface area contributed by atoms with Gasteiger partial charge in [0.1, 0.15) is 0 Å². The number of hydrogen-bond acceptors (Lipinski definition) is 2. The van der Waals surface area contributed by atoms with E-state index in [2.05, 4.69) is 277 Å². The lowest BCUT2D eigenvalue weighted by molar-refractivity contribution is 0.402. The van der Waals surface area contributed by atoms with E-state index < -0.39 is 0 Å². The second kappa shape index (κ2) is 17.7. The van der Waals surface area contributed by atoms with Crippen LogP contribution in [0.3, 0.4) is 0 Å². The first-order chi connectivity index (χ1) is 36.3. The van der Waals surface area contributed by atoms with Crippen molar-refractivity contribution in [2.75, 3.05) is 9.80 Å². The van der Waals surface area contributed by atoms with Gasteiger partial charge < -0.3 is 9.80 Å². The zero-order chi connectivity index (χ0) is 54.4. The predicted molar refractivity (Wildman–Crippen MR) is 332 cm³/mol. The van der Waals surface area contributed by atoms with Crippen LogP contribution in [0, 0.1) is 6.92 Å². The molecule has 0 bridgehead atoms. The Morgan fingerprint density at radius 3 is 1.47 bits per heavy atom. The van der Waals surface area contributed by atoms with Crippen LogP contribution in [0.15, 0.2) is 164 Å². The van der Waals surface area contributed by atoms with E-state index in [1.54, 1.807) is 0 Å². The molecule has 0 fully saturated rings. The van der Waals surface area contributed by atoms with Crippen LogP contribution in [-0.2, 0) is 38.9 Å². The van der Waals surface area contributed by atoms with Crippen LogP contribution in [-0.4, -0.2) is 6.71 Å². The van der Waals surface area contributed by atoms with Gasteiger partial charge in [-0.3, -0.25) is 0 Å². The van der Waals surface area contributed by atoms with Crippen molar-refractivity contribution < 1.29 is 0 Å². The normalized spacial score (nSPS) is 17.2.